The fourth-order valence-corrected chi connectivity index (χ4v) is 3.17. The lowest BCUT2D eigenvalue weighted by molar-refractivity contribution is -0.131. The third-order valence-corrected chi connectivity index (χ3v) is 4.59. The Kier molecular flexibility index (Phi) is 4.64. The van der Waals surface area contributed by atoms with Crippen molar-refractivity contribution in [1.29, 1.82) is 0 Å². The van der Waals surface area contributed by atoms with E-state index in [0.29, 0.717) is 5.92 Å². The van der Waals surface area contributed by atoms with E-state index in [0.717, 1.165) is 19.3 Å². The van der Waals surface area contributed by atoms with Crippen molar-refractivity contribution in [2.45, 2.75) is 50.5 Å². The summed E-state index contributed by atoms with van der Waals surface area (Å²) in [7, 11) is 0. The Morgan fingerprint density at radius 1 is 1.33 bits per heavy atom. The van der Waals surface area contributed by atoms with Crippen molar-refractivity contribution in [3.05, 3.63) is 0 Å². The van der Waals surface area contributed by atoms with E-state index in [1.165, 1.54) is 11.8 Å². The van der Waals surface area contributed by atoms with Crippen molar-refractivity contribution in [3.8, 4) is 0 Å². The standard InChI is InChI=1S/C11H19NO2S/c1-4-6-7(3)9-11(14)12-10(13)8(5-2)15-9/h7-9H,4-6H2,1-3H3,(H,12,13,14)/t7-,8+,9-/m1/s1. The molecule has 1 saturated heterocycles. The first-order valence-corrected chi connectivity index (χ1v) is 6.54. The van der Waals surface area contributed by atoms with Crippen LogP contribution >= 0.6 is 11.8 Å². The minimum absolute atomic E-state index is 0.0485. The van der Waals surface area contributed by atoms with Crippen LogP contribution in [0.25, 0.3) is 0 Å². The molecule has 1 aliphatic heterocycles. The van der Waals surface area contributed by atoms with Gasteiger partial charge in [-0.1, -0.05) is 27.2 Å². The number of nitrogens with one attached hydrogen (secondary N) is 1. The normalized spacial score (nSPS) is 28.7. The molecule has 1 aliphatic rings. The lowest BCUT2D eigenvalue weighted by Crippen LogP contribution is -2.50. The summed E-state index contributed by atoms with van der Waals surface area (Å²) < 4.78 is 0. The molecule has 0 aromatic carbocycles. The molecule has 15 heavy (non-hydrogen) atoms. The summed E-state index contributed by atoms with van der Waals surface area (Å²) in [5.74, 6) is 0.130. The number of carbonyl (C=O) groups is 2. The molecular weight excluding hydrogens is 210 g/mol. The summed E-state index contributed by atoms with van der Waals surface area (Å²) in [4.78, 5) is 23.0. The number of hydrogen-bond donors (Lipinski definition) is 1. The zero-order valence-corrected chi connectivity index (χ0v) is 10.4. The van der Waals surface area contributed by atoms with Gasteiger partial charge < -0.3 is 0 Å². The van der Waals surface area contributed by atoms with Crippen molar-refractivity contribution in [3.63, 3.8) is 0 Å². The minimum Gasteiger partial charge on any atom is -0.295 e. The molecule has 0 bridgehead atoms. The van der Waals surface area contributed by atoms with Gasteiger partial charge in [0.25, 0.3) is 0 Å². The molecular formula is C11H19NO2S. The van der Waals surface area contributed by atoms with Gasteiger partial charge in [-0.15, -0.1) is 11.8 Å². The highest BCUT2D eigenvalue weighted by Gasteiger charge is 2.36. The summed E-state index contributed by atoms with van der Waals surface area (Å²) in [5, 5.41) is 2.37. The monoisotopic (exact) mass is 229 g/mol. The maximum atomic E-state index is 11.6. The van der Waals surface area contributed by atoms with Gasteiger partial charge in [0.1, 0.15) is 0 Å². The molecule has 3 atom stereocenters. The predicted molar refractivity (Wildman–Crippen MR) is 62.7 cm³/mol. The molecule has 4 heteroatoms. The van der Waals surface area contributed by atoms with Crippen LogP contribution in [0.1, 0.15) is 40.0 Å². The Morgan fingerprint density at radius 3 is 2.53 bits per heavy atom. The van der Waals surface area contributed by atoms with Crippen LogP contribution in [0.2, 0.25) is 0 Å². The first-order valence-electron chi connectivity index (χ1n) is 5.60. The average molecular weight is 229 g/mol. The van der Waals surface area contributed by atoms with Gasteiger partial charge in [-0.05, 0) is 18.8 Å². The van der Waals surface area contributed by atoms with E-state index < -0.39 is 0 Å². The number of thioether (sulfide) groups is 1. The number of amides is 2. The highest BCUT2D eigenvalue weighted by Crippen LogP contribution is 2.31. The van der Waals surface area contributed by atoms with Crippen LogP contribution in [0.4, 0.5) is 0 Å². The molecule has 1 fully saturated rings. The molecule has 0 spiro atoms. The molecule has 1 rings (SSSR count). The Morgan fingerprint density at radius 2 is 2.00 bits per heavy atom. The number of hydrogen-bond acceptors (Lipinski definition) is 3. The van der Waals surface area contributed by atoms with Crippen molar-refractivity contribution in [1.82, 2.24) is 5.32 Å². The Bertz CT molecular complexity index is 255. The van der Waals surface area contributed by atoms with E-state index in [9.17, 15) is 9.59 Å². The molecule has 1 heterocycles. The predicted octanol–water partition coefficient (Wildman–Crippen LogP) is 1.96. The lowest BCUT2D eigenvalue weighted by Gasteiger charge is -2.30. The van der Waals surface area contributed by atoms with Gasteiger partial charge in [0.05, 0.1) is 10.5 Å². The van der Waals surface area contributed by atoms with Crippen LogP contribution in [-0.2, 0) is 9.59 Å². The molecule has 0 aromatic heterocycles. The molecule has 2 amide bonds. The largest absolute Gasteiger partial charge is 0.295 e. The molecule has 1 N–H and O–H groups in total. The van der Waals surface area contributed by atoms with Gasteiger partial charge in [-0.2, -0.15) is 0 Å². The van der Waals surface area contributed by atoms with Gasteiger partial charge in [-0.25, -0.2) is 0 Å². The van der Waals surface area contributed by atoms with Crippen LogP contribution < -0.4 is 5.32 Å². The van der Waals surface area contributed by atoms with Gasteiger partial charge >= 0.3 is 0 Å². The summed E-state index contributed by atoms with van der Waals surface area (Å²) >= 11 is 1.53. The van der Waals surface area contributed by atoms with E-state index in [1.54, 1.807) is 0 Å². The van der Waals surface area contributed by atoms with E-state index in [2.05, 4.69) is 19.2 Å². The number of carbonyl (C=O) groups excluding carboxylic acids is 2. The first-order chi connectivity index (χ1) is 7.10. The van der Waals surface area contributed by atoms with E-state index >= 15 is 0 Å². The summed E-state index contributed by atoms with van der Waals surface area (Å²) in [5.41, 5.74) is 0. The smallest absolute Gasteiger partial charge is 0.239 e. The third-order valence-electron chi connectivity index (χ3n) is 2.74. The van der Waals surface area contributed by atoms with Gasteiger partial charge in [0.15, 0.2) is 0 Å². The number of imide groups is 1. The first kappa shape index (κ1) is 12.6. The summed E-state index contributed by atoms with van der Waals surface area (Å²) in [6.07, 6.45) is 2.91. The van der Waals surface area contributed by atoms with Gasteiger partial charge in [0.2, 0.25) is 11.8 Å². The average Bonchev–Trinajstić information content (AvgIpc) is 2.18. The highest BCUT2D eigenvalue weighted by molar-refractivity contribution is 8.02. The maximum Gasteiger partial charge on any atom is 0.239 e. The molecule has 3 nitrogen and oxygen atoms in total. The second kappa shape index (κ2) is 5.54. The van der Waals surface area contributed by atoms with Crippen molar-refractivity contribution >= 4 is 23.6 Å². The fourth-order valence-electron chi connectivity index (χ4n) is 1.85. The fraction of sp³-hybridized carbons (Fsp3) is 0.818. The SMILES string of the molecule is CCC[C@@H](C)[C@H]1S[C@@H](CC)C(=O)NC1=O. The zero-order valence-electron chi connectivity index (χ0n) is 9.58. The minimum atomic E-state index is -0.118. The van der Waals surface area contributed by atoms with Crippen LogP contribution in [-0.4, -0.2) is 22.3 Å². The van der Waals surface area contributed by atoms with Crippen molar-refractivity contribution in [2.75, 3.05) is 0 Å². The van der Waals surface area contributed by atoms with E-state index in [1.807, 2.05) is 6.92 Å². The van der Waals surface area contributed by atoms with Crippen LogP contribution in [0.3, 0.4) is 0 Å². The second-order valence-corrected chi connectivity index (χ2v) is 5.42. The Hall–Kier alpha value is -0.510. The van der Waals surface area contributed by atoms with Crippen LogP contribution in [0, 0.1) is 5.92 Å². The number of rotatable bonds is 4. The maximum absolute atomic E-state index is 11.6. The third kappa shape index (κ3) is 2.97. The van der Waals surface area contributed by atoms with Gasteiger partial charge in [-0.3, -0.25) is 14.9 Å². The zero-order chi connectivity index (χ0) is 11.4. The summed E-state index contributed by atoms with van der Waals surface area (Å²) in [6.45, 7) is 6.18. The molecule has 0 aromatic rings. The van der Waals surface area contributed by atoms with E-state index in [-0.39, 0.29) is 22.3 Å². The molecule has 0 radical (unpaired) electrons. The van der Waals surface area contributed by atoms with Gasteiger partial charge in [0, 0.05) is 0 Å². The second-order valence-electron chi connectivity index (χ2n) is 4.07. The Labute approximate surface area is 95.4 Å². The highest BCUT2D eigenvalue weighted by atomic mass is 32.2. The summed E-state index contributed by atoms with van der Waals surface area (Å²) in [6, 6.07) is 0. The van der Waals surface area contributed by atoms with Crippen LogP contribution in [0.15, 0.2) is 0 Å². The lowest BCUT2D eigenvalue weighted by atomic mass is 10.0. The topological polar surface area (TPSA) is 46.2 Å². The van der Waals surface area contributed by atoms with Crippen molar-refractivity contribution in [2.24, 2.45) is 5.92 Å². The molecule has 86 valence electrons. The molecule has 0 aliphatic carbocycles. The van der Waals surface area contributed by atoms with Crippen LogP contribution in [0.5, 0.6) is 0 Å². The molecule has 0 unspecified atom stereocenters. The Balaban J connectivity index is 2.64. The van der Waals surface area contributed by atoms with Crippen molar-refractivity contribution < 1.29 is 9.59 Å². The van der Waals surface area contributed by atoms with E-state index in [4.69, 9.17) is 0 Å². The molecule has 0 saturated carbocycles. The quantitative estimate of drug-likeness (QED) is 0.750.